The van der Waals surface area contributed by atoms with E-state index in [4.69, 9.17) is 0 Å². The zero-order chi connectivity index (χ0) is 14.7. The molecule has 1 N–H and O–H groups in total. The van der Waals surface area contributed by atoms with Crippen molar-refractivity contribution in [3.05, 3.63) is 15.9 Å². The molecule has 0 aliphatic carbocycles. The Bertz CT molecular complexity index is 441. The predicted molar refractivity (Wildman–Crippen MR) is 86.8 cm³/mol. The Balaban J connectivity index is 2.01. The molecule has 114 valence electrons. The van der Waals surface area contributed by atoms with Crippen LogP contribution < -0.4 is 5.32 Å². The van der Waals surface area contributed by atoms with Crippen LogP contribution in [0.5, 0.6) is 0 Å². The van der Waals surface area contributed by atoms with Gasteiger partial charge in [0.25, 0.3) is 0 Å². The van der Waals surface area contributed by atoms with E-state index in [0.717, 1.165) is 44.2 Å². The first-order valence-electron chi connectivity index (χ1n) is 7.67. The van der Waals surface area contributed by atoms with Crippen molar-refractivity contribution in [3.63, 3.8) is 0 Å². The number of hydrogen-bond donors (Lipinski definition) is 1. The highest BCUT2D eigenvalue weighted by Gasteiger charge is 2.22. The summed E-state index contributed by atoms with van der Waals surface area (Å²) in [6.07, 6.45) is 2.23. The Morgan fingerprint density at radius 1 is 1.45 bits per heavy atom. The van der Waals surface area contributed by atoms with Crippen LogP contribution in [0.25, 0.3) is 0 Å². The first-order chi connectivity index (χ1) is 9.51. The van der Waals surface area contributed by atoms with Crippen molar-refractivity contribution in [3.8, 4) is 0 Å². The third kappa shape index (κ3) is 3.83. The summed E-state index contributed by atoms with van der Waals surface area (Å²) in [6, 6.07) is 0.626. The predicted octanol–water partition coefficient (Wildman–Crippen LogP) is 2.56. The topological polar surface area (TPSA) is 33.1 Å². The van der Waals surface area contributed by atoms with Crippen LogP contribution in [0.1, 0.15) is 38.6 Å². The van der Waals surface area contributed by atoms with Crippen LogP contribution in [0.15, 0.2) is 4.47 Å². The molecule has 0 bridgehead atoms. The quantitative estimate of drug-likeness (QED) is 0.892. The number of nitrogens with one attached hydrogen (secondary N) is 1. The van der Waals surface area contributed by atoms with E-state index in [1.54, 1.807) is 0 Å². The van der Waals surface area contributed by atoms with Crippen molar-refractivity contribution in [2.45, 2.75) is 46.2 Å². The van der Waals surface area contributed by atoms with Gasteiger partial charge in [-0.15, -0.1) is 0 Å². The Hall–Kier alpha value is -0.390. The van der Waals surface area contributed by atoms with Crippen molar-refractivity contribution in [1.82, 2.24) is 20.0 Å². The maximum absolute atomic E-state index is 4.59. The van der Waals surface area contributed by atoms with Crippen LogP contribution in [0.2, 0.25) is 0 Å². The van der Waals surface area contributed by atoms with Gasteiger partial charge in [-0.2, -0.15) is 5.10 Å². The molecule has 1 atom stereocenters. The van der Waals surface area contributed by atoms with E-state index in [9.17, 15) is 0 Å². The fourth-order valence-electron chi connectivity index (χ4n) is 2.97. The molecule has 2 rings (SSSR count). The second kappa shape index (κ2) is 7.05. The minimum Gasteiger partial charge on any atom is -0.311 e. The summed E-state index contributed by atoms with van der Waals surface area (Å²) in [5.74, 6) is 0.752. The molecule has 1 saturated heterocycles. The Kier molecular flexibility index (Phi) is 5.64. The molecular formula is C15H27BrN4. The third-order valence-corrected chi connectivity index (χ3v) is 4.89. The average molecular weight is 343 g/mol. The van der Waals surface area contributed by atoms with Gasteiger partial charge in [-0.25, -0.2) is 0 Å². The van der Waals surface area contributed by atoms with Crippen LogP contribution in [0.4, 0.5) is 0 Å². The number of piperazine rings is 1. The molecule has 1 aromatic rings. The van der Waals surface area contributed by atoms with Crippen LogP contribution in [0, 0.1) is 5.92 Å². The first kappa shape index (κ1) is 16.0. The van der Waals surface area contributed by atoms with Crippen molar-refractivity contribution in [2.24, 2.45) is 13.0 Å². The SMILES string of the molecule is CCc1nn(C)c(CN2CCNC(CC(C)C)C2)c1Br. The highest BCUT2D eigenvalue weighted by Crippen LogP contribution is 2.23. The third-order valence-electron chi connectivity index (χ3n) is 3.97. The van der Waals surface area contributed by atoms with Gasteiger partial charge in [-0.3, -0.25) is 9.58 Å². The van der Waals surface area contributed by atoms with Gasteiger partial charge in [0.1, 0.15) is 0 Å². The van der Waals surface area contributed by atoms with Crippen LogP contribution in [-0.2, 0) is 20.0 Å². The lowest BCUT2D eigenvalue weighted by Gasteiger charge is -2.34. The zero-order valence-corrected chi connectivity index (χ0v) is 14.7. The number of halogens is 1. The number of aryl methyl sites for hydroxylation is 2. The van der Waals surface area contributed by atoms with Gasteiger partial charge in [-0.05, 0) is 34.7 Å². The van der Waals surface area contributed by atoms with E-state index < -0.39 is 0 Å². The zero-order valence-electron chi connectivity index (χ0n) is 13.1. The molecule has 1 unspecified atom stereocenters. The molecule has 1 aliphatic rings. The molecule has 1 aliphatic heterocycles. The summed E-state index contributed by atoms with van der Waals surface area (Å²) >= 11 is 3.72. The van der Waals surface area contributed by atoms with E-state index in [2.05, 4.69) is 52.0 Å². The first-order valence-corrected chi connectivity index (χ1v) is 8.46. The minimum atomic E-state index is 0.626. The van der Waals surface area contributed by atoms with Crippen molar-refractivity contribution < 1.29 is 0 Å². The van der Waals surface area contributed by atoms with E-state index in [0.29, 0.717) is 6.04 Å². The number of hydrogen-bond acceptors (Lipinski definition) is 3. The largest absolute Gasteiger partial charge is 0.311 e. The highest BCUT2D eigenvalue weighted by atomic mass is 79.9. The molecule has 1 fully saturated rings. The highest BCUT2D eigenvalue weighted by molar-refractivity contribution is 9.10. The van der Waals surface area contributed by atoms with Gasteiger partial charge in [0, 0.05) is 39.3 Å². The molecule has 1 aromatic heterocycles. The van der Waals surface area contributed by atoms with Crippen molar-refractivity contribution >= 4 is 15.9 Å². The van der Waals surface area contributed by atoms with E-state index in [-0.39, 0.29) is 0 Å². The lowest BCUT2D eigenvalue weighted by molar-refractivity contribution is 0.176. The lowest BCUT2D eigenvalue weighted by atomic mass is 10.0. The summed E-state index contributed by atoms with van der Waals surface area (Å²) in [5.41, 5.74) is 2.46. The Labute approximate surface area is 131 Å². The molecule has 0 radical (unpaired) electrons. The molecule has 0 spiro atoms. The maximum atomic E-state index is 4.59. The summed E-state index contributed by atoms with van der Waals surface area (Å²) < 4.78 is 3.23. The van der Waals surface area contributed by atoms with Crippen molar-refractivity contribution in [2.75, 3.05) is 19.6 Å². The second-order valence-electron chi connectivity index (χ2n) is 6.20. The lowest BCUT2D eigenvalue weighted by Crippen LogP contribution is -2.50. The van der Waals surface area contributed by atoms with Crippen molar-refractivity contribution in [1.29, 1.82) is 0 Å². The summed E-state index contributed by atoms with van der Waals surface area (Å²) in [5, 5.41) is 8.23. The monoisotopic (exact) mass is 342 g/mol. The summed E-state index contributed by atoms with van der Waals surface area (Å²) in [7, 11) is 2.05. The van der Waals surface area contributed by atoms with Crippen LogP contribution >= 0.6 is 15.9 Å². The summed E-state index contributed by atoms with van der Waals surface area (Å²) in [6.45, 7) is 11.1. The minimum absolute atomic E-state index is 0.626. The van der Waals surface area contributed by atoms with Gasteiger partial charge < -0.3 is 5.32 Å². The smallest absolute Gasteiger partial charge is 0.0767 e. The van der Waals surface area contributed by atoms with E-state index >= 15 is 0 Å². The standard InChI is InChI=1S/C15H27BrN4/c1-5-13-15(16)14(19(4)18-13)10-20-7-6-17-12(9-20)8-11(2)3/h11-12,17H,5-10H2,1-4H3. The normalized spacial score (nSPS) is 20.8. The van der Waals surface area contributed by atoms with E-state index in [1.165, 1.54) is 16.6 Å². The maximum Gasteiger partial charge on any atom is 0.0767 e. The molecule has 2 heterocycles. The average Bonchev–Trinajstić information content (AvgIpc) is 2.66. The molecule has 0 aromatic carbocycles. The fraction of sp³-hybridized carbons (Fsp3) is 0.800. The van der Waals surface area contributed by atoms with Gasteiger partial charge in [0.05, 0.1) is 15.9 Å². The van der Waals surface area contributed by atoms with Gasteiger partial charge in [0.15, 0.2) is 0 Å². The molecule has 0 saturated carbocycles. The van der Waals surface area contributed by atoms with Crippen LogP contribution in [-0.4, -0.2) is 40.4 Å². The Morgan fingerprint density at radius 3 is 2.80 bits per heavy atom. The number of rotatable bonds is 5. The molecule has 4 nitrogen and oxygen atoms in total. The van der Waals surface area contributed by atoms with Gasteiger partial charge in [0.2, 0.25) is 0 Å². The molecular weight excluding hydrogens is 316 g/mol. The fourth-order valence-corrected chi connectivity index (χ4v) is 3.71. The second-order valence-corrected chi connectivity index (χ2v) is 6.99. The van der Waals surface area contributed by atoms with Gasteiger partial charge >= 0.3 is 0 Å². The molecule has 0 amide bonds. The molecule has 20 heavy (non-hydrogen) atoms. The number of aromatic nitrogens is 2. The van der Waals surface area contributed by atoms with E-state index in [1.807, 2.05) is 11.7 Å². The van der Waals surface area contributed by atoms with Gasteiger partial charge in [-0.1, -0.05) is 20.8 Å². The number of nitrogens with zero attached hydrogens (tertiary/aromatic N) is 3. The van der Waals surface area contributed by atoms with Crippen LogP contribution in [0.3, 0.4) is 0 Å². The molecule has 5 heteroatoms. The Morgan fingerprint density at radius 2 is 2.20 bits per heavy atom. The summed E-state index contributed by atoms with van der Waals surface area (Å²) in [4.78, 5) is 2.55.